The third-order valence-corrected chi connectivity index (χ3v) is 12.3. The third kappa shape index (κ3) is 9.00. The van der Waals surface area contributed by atoms with E-state index in [1.54, 1.807) is 0 Å². The van der Waals surface area contributed by atoms with Crippen molar-refractivity contribution in [1.29, 1.82) is 0 Å². The van der Waals surface area contributed by atoms with Crippen LogP contribution in [-0.4, -0.2) is 116 Å². The Morgan fingerprint density at radius 3 is 0.926 bits per heavy atom. The number of hydrogen-bond acceptors (Lipinski definition) is 8. The molecule has 2 fully saturated rings. The molecule has 68 heavy (non-hydrogen) atoms. The molecule has 0 amide bonds. The van der Waals surface area contributed by atoms with Gasteiger partial charge in [0, 0.05) is 17.4 Å². The van der Waals surface area contributed by atoms with Crippen LogP contribution in [0.4, 0.5) is 105 Å². The van der Waals surface area contributed by atoms with Gasteiger partial charge in [0.15, 0.2) is 0 Å². The first-order valence-corrected chi connectivity index (χ1v) is 18.7. The Morgan fingerprint density at radius 1 is 0.471 bits per heavy atom. The predicted octanol–water partition coefficient (Wildman–Crippen LogP) is 9.90. The van der Waals surface area contributed by atoms with Gasteiger partial charge in [0.2, 0.25) is 0 Å². The van der Waals surface area contributed by atoms with Gasteiger partial charge in [-0.2, -0.15) is 105 Å². The fraction of sp³-hybridized carbons (Fsp3) is 0.778. The summed E-state index contributed by atoms with van der Waals surface area (Å²) >= 11 is 0. The van der Waals surface area contributed by atoms with E-state index in [-0.39, 0.29) is 6.42 Å². The Hall–Kier alpha value is -3.68. The number of carbonyl (C=O) groups excluding carboxylic acids is 2. The molecule has 4 aliphatic carbocycles. The normalized spacial score (nSPS) is 24.9. The average Bonchev–Trinajstić information content (AvgIpc) is 3.89. The van der Waals surface area contributed by atoms with Gasteiger partial charge >= 0.3 is 61.3 Å². The van der Waals surface area contributed by atoms with Gasteiger partial charge in [-0.1, -0.05) is 13.5 Å². The van der Waals surface area contributed by atoms with Crippen LogP contribution in [0.25, 0.3) is 0 Å². The summed E-state index contributed by atoms with van der Waals surface area (Å²) in [7, 11) is 0. The van der Waals surface area contributed by atoms with Crippen LogP contribution in [0.2, 0.25) is 0 Å². The van der Waals surface area contributed by atoms with E-state index in [0.717, 1.165) is 6.92 Å². The number of rotatable bonds is 9. The van der Waals surface area contributed by atoms with Crippen LogP contribution >= 0.6 is 0 Å². The van der Waals surface area contributed by atoms with E-state index in [1.807, 2.05) is 0 Å². The van der Waals surface area contributed by atoms with Crippen molar-refractivity contribution in [1.82, 2.24) is 0 Å². The molecule has 0 heterocycles. The summed E-state index contributed by atoms with van der Waals surface area (Å²) < 4.78 is 334. The molecular weight excluding hydrogens is 1020 g/mol. The number of ether oxygens (including phenoxy) is 2. The molecule has 32 heteroatoms. The van der Waals surface area contributed by atoms with Crippen molar-refractivity contribution in [3.8, 4) is 0 Å². The van der Waals surface area contributed by atoms with Crippen molar-refractivity contribution in [3.63, 3.8) is 0 Å². The highest BCUT2D eigenvalue weighted by atomic mass is 19.4. The zero-order chi connectivity index (χ0) is 54.0. The van der Waals surface area contributed by atoms with Crippen LogP contribution in [-0.2, 0) is 19.1 Å². The zero-order valence-corrected chi connectivity index (χ0v) is 34.2. The molecule has 0 aromatic rings. The van der Waals surface area contributed by atoms with E-state index < -0.39 is 179 Å². The first-order chi connectivity index (χ1) is 29.7. The lowest BCUT2D eigenvalue weighted by Crippen LogP contribution is -2.64. The summed E-state index contributed by atoms with van der Waals surface area (Å²) in [6.45, 7) is 8.11. The molecule has 4 N–H and O–H groups in total. The van der Waals surface area contributed by atoms with Crippen LogP contribution in [0, 0.1) is 29.1 Å². The second-order valence-electron chi connectivity index (χ2n) is 16.9. The molecule has 0 aliphatic heterocycles. The van der Waals surface area contributed by atoms with Crippen molar-refractivity contribution in [3.05, 3.63) is 34.4 Å². The number of esters is 2. The van der Waals surface area contributed by atoms with Crippen molar-refractivity contribution in [2.75, 3.05) is 0 Å². The van der Waals surface area contributed by atoms with Gasteiger partial charge in [0.05, 0.1) is 5.41 Å². The number of fused-ring (bicyclic) bond motifs is 4. The summed E-state index contributed by atoms with van der Waals surface area (Å²) in [6.07, 6.45) is -63.2. The van der Waals surface area contributed by atoms with Crippen LogP contribution in [0.5, 0.6) is 0 Å². The quantitative estimate of drug-likeness (QED) is 0.0777. The Kier molecular flexibility index (Phi) is 14.6. The first-order valence-electron chi connectivity index (χ1n) is 18.7. The molecular formula is C36H34F24O8. The van der Waals surface area contributed by atoms with Gasteiger partial charge in [-0.3, -0.25) is 4.79 Å². The van der Waals surface area contributed by atoms with Gasteiger partial charge < -0.3 is 29.9 Å². The maximum atomic E-state index is 13.6. The molecule has 0 spiro atoms. The number of carbonyl (C=O) groups is 2. The largest absolute Gasteiger partial charge is 0.461 e. The summed E-state index contributed by atoms with van der Waals surface area (Å²) in [5.74, 6) is -12.4. The predicted molar refractivity (Wildman–Crippen MR) is 173 cm³/mol. The molecule has 6 unspecified atom stereocenters. The summed E-state index contributed by atoms with van der Waals surface area (Å²) in [6, 6.07) is 0. The minimum Gasteiger partial charge on any atom is -0.461 e. The lowest BCUT2D eigenvalue weighted by molar-refractivity contribution is -0.364. The van der Waals surface area contributed by atoms with Crippen molar-refractivity contribution < 1.29 is 145 Å². The summed E-state index contributed by atoms with van der Waals surface area (Å²) in [5.41, 5.74) is -37.5. The van der Waals surface area contributed by atoms with E-state index in [4.69, 9.17) is 4.74 Å². The van der Waals surface area contributed by atoms with E-state index in [9.17, 15) is 135 Å². The molecule has 0 saturated heterocycles. The fourth-order valence-electron chi connectivity index (χ4n) is 8.63. The van der Waals surface area contributed by atoms with Crippen molar-refractivity contribution in [2.24, 2.45) is 29.1 Å². The first kappa shape index (κ1) is 58.6. The molecule has 2 saturated carbocycles. The highest BCUT2D eigenvalue weighted by Crippen LogP contribution is 2.67. The lowest BCUT2D eigenvalue weighted by atomic mass is 9.72. The lowest BCUT2D eigenvalue weighted by Gasteiger charge is -2.44. The van der Waals surface area contributed by atoms with Gasteiger partial charge in [-0.05, 0) is 87.0 Å². The van der Waals surface area contributed by atoms with Crippen LogP contribution < -0.4 is 0 Å². The zero-order valence-electron chi connectivity index (χ0n) is 34.2. The van der Waals surface area contributed by atoms with Crippen LogP contribution in [0.1, 0.15) is 59.8 Å². The molecule has 4 aliphatic rings. The minimum absolute atomic E-state index is 0.0531. The standard InChI is InChI=1S/C19H20F12O4.C17H14F12O4/c1-4-13(2,3)12(32)35-9-6-7-5-8(9)11(15(34,18(26,27)28)19(29,30)31)10(7)14(33,16(20,21)22)17(23,24)25;1-5(2)11(30)33-8-4-6-3-7(8)10(13(32,16(24,25)26)17(27,28)29)9(6)12(31,14(18,19)20)15(21,22)23/h7-9,33-34H,4-6H2,1-3H3;6-8,31-32H,1,3-4H2,2H3. The molecule has 4 bridgehead atoms. The number of alkyl halides is 24. The van der Waals surface area contributed by atoms with E-state index in [2.05, 4.69) is 11.3 Å². The number of aliphatic hydroxyl groups is 4. The molecule has 6 atom stereocenters. The molecule has 4 rings (SSSR count). The Labute approximate surface area is 364 Å². The SMILES string of the molecule is C=C(C)C(=O)OC1CC2CC1C(C(O)(C(F)(F)F)C(F)(F)F)=C2C(O)(C(F)(F)F)C(F)(F)F.CCC(C)(C)C(=O)OC1CC2CC1C(C(O)(C(F)(F)F)C(F)(F)F)=C2C(O)(C(F)(F)F)C(F)(F)F. The van der Waals surface area contributed by atoms with Crippen molar-refractivity contribution >= 4 is 11.9 Å². The molecule has 0 aromatic carbocycles. The van der Waals surface area contributed by atoms with Gasteiger partial charge in [-0.15, -0.1) is 0 Å². The van der Waals surface area contributed by atoms with Gasteiger partial charge in [0.1, 0.15) is 12.2 Å². The monoisotopic (exact) mass is 1050 g/mol. The molecule has 0 radical (unpaired) electrons. The minimum atomic E-state index is -6.86. The van der Waals surface area contributed by atoms with Crippen LogP contribution in [0.3, 0.4) is 0 Å². The fourth-order valence-corrected chi connectivity index (χ4v) is 8.63. The molecule has 394 valence electrons. The second-order valence-corrected chi connectivity index (χ2v) is 16.9. The number of halogens is 24. The van der Waals surface area contributed by atoms with Crippen molar-refractivity contribution in [2.45, 2.75) is 144 Å². The smallest absolute Gasteiger partial charge is 0.430 e. The number of hydrogen-bond donors (Lipinski definition) is 4. The highest BCUT2D eigenvalue weighted by molar-refractivity contribution is 5.87. The van der Waals surface area contributed by atoms with E-state index in [1.165, 1.54) is 20.8 Å². The Bertz CT molecular complexity index is 1970. The Morgan fingerprint density at radius 2 is 0.706 bits per heavy atom. The van der Waals surface area contributed by atoms with Gasteiger partial charge in [0.25, 0.3) is 22.4 Å². The average molecular weight is 1050 g/mol. The topological polar surface area (TPSA) is 134 Å². The molecule has 0 aromatic heterocycles. The van der Waals surface area contributed by atoms with E-state index in [0.29, 0.717) is 0 Å². The second kappa shape index (κ2) is 17.0. The maximum absolute atomic E-state index is 13.6. The summed E-state index contributed by atoms with van der Waals surface area (Å²) in [4.78, 5) is 24.0. The van der Waals surface area contributed by atoms with Crippen LogP contribution in [0.15, 0.2) is 34.4 Å². The third-order valence-electron chi connectivity index (χ3n) is 12.3. The maximum Gasteiger partial charge on any atom is 0.430 e. The van der Waals surface area contributed by atoms with Gasteiger partial charge in [-0.25, -0.2) is 4.79 Å². The Balaban J connectivity index is 0.000000361. The highest BCUT2D eigenvalue weighted by Gasteiger charge is 2.83. The molecule has 8 nitrogen and oxygen atoms in total. The summed E-state index contributed by atoms with van der Waals surface area (Å²) in [5, 5.41) is 39.0. The van der Waals surface area contributed by atoms with E-state index >= 15 is 0 Å².